The van der Waals surface area contributed by atoms with Gasteiger partial charge in [-0.25, -0.2) is 9.97 Å². The van der Waals surface area contributed by atoms with Crippen molar-refractivity contribution in [3.05, 3.63) is 111 Å². The lowest BCUT2D eigenvalue weighted by molar-refractivity contribution is -0.137. The molecule has 0 unspecified atom stereocenters. The Kier molecular flexibility index (Phi) is 6.85. The van der Waals surface area contributed by atoms with Crippen molar-refractivity contribution in [3.8, 4) is 5.69 Å². The molecule has 0 saturated carbocycles. The number of para-hydroxylation sites is 1. The molecule has 0 saturated heterocycles. The third-order valence-corrected chi connectivity index (χ3v) is 7.89. The number of H-pyrrole nitrogens is 1. The van der Waals surface area contributed by atoms with Crippen LogP contribution in [-0.2, 0) is 31.5 Å². The zero-order chi connectivity index (χ0) is 27.9. The highest BCUT2D eigenvalue weighted by atomic mass is 32.2. The van der Waals surface area contributed by atoms with Gasteiger partial charge in [0.25, 0.3) is 5.56 Å². The van der Waals surface area contributed by atoms with E-state index in [1.54, 1.807) is 4.57 Å². The van der Waals surface area contributed by atoms with E-state index in [0.29, 0.717) is 52.3 Å². The summed E-state index contributed by atoms with van der Waals surface area (Å²) in [5, 5.41) is 9.89. The molecule has 0 atom stereocenters. The number of halogens is 3. The minimum Gasteiger partial charge on any atom is -0.392 e. The highest BCUT2D eigenvalue weighted by Crippen LogP contribution is 2.32. The largest absolute Gasteiger partial charge is 0.416 e. The van der Waals surface area contributed by atoms with Gasteiger partial charge < -0.3 is 15.0 Å². The lowest BCUT2D eigenvalue weighted by atomic mass is 10.1. The van der Waals surface area contributed by atoms with E-state index < -0.39 is 11.7 Å². The van der Waals surface area contributed by atoms with Crippen molar-refractivity contribution in [2.75, 3.05) is 11.4 Å². The number of aliphatic hydroxyl groups is 1. The predicted octanol–water partition coefficient (Wildman–Crippen LogP) is 5.47. The Hall–Kier alpha value is -4.09. The Bertz CT molecular complexity index is 1730. The molecule has 0 bridgehead atoms. The van der Waals surface area contributed by atoms with Crippen molar-refractivity contribution in [3.63, 3.8) is 0 Å². The van der Waals surface area contributed by atoms with Crippen molar-refractivity contribution < 1.29 is 18.3 Å². The summed E-state index contributed by atoms with van der Waals surface area (Å²) in [4.78, 5) is 28.2. The molecular weight excluding hydrogens is 539 g/mol. The highest BCUT2D eigenvalue weighted by molar-refractivity contribution is 7.98. The summed E-state index contributed by atoms with van der Waals surface area (Å²) >= 11 is 1.46. The molecule has 2 aromatic heterocycles. The number of rotatable bonds is 6. The van der Waals surface area contributed by atoms with Gasteiger partial charge in [0.2, 0.25) is 5.95 Å². The van der Waals surface area contributed by atoms with E-state index >= 15 is 0 Å². The number of aromatic amines is 1. The Morgan fingerprint density at radius 2 is 1.73 bits per heavy atom. The van der Waals surface area contributed by atoms with Crippen molar-refractivity contribution in [1.29, 1.82) is 0 Å². The molecule has 2 N–H and O–H groups in total. The summed E-state index contributed by atoms with van der Waals surface area (Å²) in [6.07, 6.45) is -3.96. The van der Waals surface area contributed by atoms with E-state index in [2.05, 4.69) is 9.97 Å². The van der Waals surface area contributed by atoms with Gasteiger partial charge in [-0.1, -0.05) is 54.2 Å². The molecular formula is C29H24F3N5O2S. The van der Waals surface area contributed by atoms with Crippen LogP contribution in [0.3, 0.4) is 0 Å². The molecule has 1 aliphatic rings. The average Bonchev–Trinajstić information content (AvgIpc) is 3.40. The number of nitrogens with zero attached hydrogens (tertiary/aromatic N) is 4. The number of nitrogens with one attached hydrogen (secondary N) is 1. The zero-order valence-corrected chi connectivity index (χ0v) is 22.0. The maximum atomic E-state index is 13.9. The predicted molar refractivity (Wildman–Crippen MR) is 148 cm³/mol. The molecule has 3 aromatic carbocycles. The summed E-state index contributed by atoms with van der Waals surface area (Å²) < 4.78 is 41.2. The maximum Gasteiger partial charge on any atom is 0.416 e. The van der Waals surface area contributed by atoms with Gasteiger partial charge in [-0.15, -0.1) is 0 Å². The second-order valence-corrected chi connectivity index (χ2v) is 10.5. The minimum atomic E-state index is -4.45. The minimum absolute atomic E-state index is 0.0208. The van der Waals surface area contributed by atoms with Gasteiger partial charge in [-0.2, -0.15) is 13.2 Å². The topological polar surface area (TPSA) is 87.0 Å². The highest BCUT2D eigenvalue weighted by Gasteiger charge is 2.31. The zero-order valence-electron chi connectivity index (χ0n) is 21.2. The fraction of sp³-hybridized carbons (Fsp3) is 0.207. The van der Waals surface area contributed by atoms with E-state index in [0.717, 1.165) is 23.3 Å². The summed E-state index contributed by atoms with van der Waals surface area (Å²) in [6.45, 7) is 0.716. The van der Waals surface area contributed by atoms with Crippen LogP contribution in [0.4, 0.5) is 19.1 Å². The van der Waals surface area contributed by atoms with Gasteiger partial charge in [0.05, 0.1) is 46.7 Å². The molecule has 3 heterocycles. The third kappa shape index (κ3) is 5.09. The fourth-order valence-corrected chi connectivity index (χ4v) is 5.73. The number of hydrogen-bond acceptors (Lipinski definition) is 6. The van der Waals surface area contributed by atoms with Crippen LogP contribution in [0.5, 0.6) is 0 Å². The van der Waals surface area contributed by atoms with Crippen molar-refractivity contribution in [1.82, 2.24) is 19.5 Å². The number of thioether (sulfide) groups is 1. The molecule has 11 heteroatoms. The van der Waals surface area contributed by atoms with Gasteiger partial charge in [0.15, 0.2) is 5.16 Å². The Morgan fingerprint density at radius 3 is 2.45 bits per heavy atom. The van der Waals surface area contributed by atoms with Crippen LogP contribution < -0.4 is 10.5 Å². The standard InChI is InChI=1S/C29H24F3N5O2S/c30-29(31,32)20-10-11-24-25(14-20)34-27(33-24)36-13-12-23-22(15-36)26(39)37(21-4-2-1-3-5-21)28(35-23)40-17-19-8-6-18(16-38)7-9-19/h1-11,14,38H,12-13,15-17H2,(H,33,34). The van der Waals surface area contributed by atoms with E-state index in [9.17, 15) is 23.1 Å². The van der Waals surface area contributed by atoms with E-state index in [4.69, 9.17) is 4.98 Å². The fourth-order valence-electron chi connectivity index (χ4n) is 4.75. The van der Waals surface area contributed by atoms with Gasteiger partial charge in [0, 0.05) is 18.7 Å². The summed E-state index contributed by atoms with van der Waals surface area (Å²) in [5.74, 6) is 1.00. The van der Waals surface area contributed by atoms with Gasteiger partial charge in [0.1, 0.15) is 0 Å². The van der Waals surface area contributed by atoms with Crippen molar-refractivity contribution in [2.45, 2.75) is 36.7 Å². The molecule has 1 aliphatic heterocycles. The van der Waals surface area contributed by atoms with E-state index in [1.165, 1.54) is 17.8 Å². The van der Waals surface area contributed by atoms with Crippen LogP contribution in [0.1, 0.15) is 27.9 Å². The SMILES string of the molecule is O=c1c2c(nc(SCc3ccc(CO)cc3)n1-c1ccccc1)CCN(c1nc3ccc(C(F)(F)F)cc3[nH]1)C2. The molecule has 7 nitrogen and oxygen atoms in total. The molecule has 6 rings (SSSR count). The van der Waals surface area contributed by atoms with Gasteiger partial charge in [-0.3, -0.25) is 9.36 Å². The van der Waals surface area contributed by atoms with Crippen LogP contribution in [0.25, 0.3) is 16.7 Å². The number of hydrogen-bond donors (Lipinski definition) is 2. The molecule has 40 heavy (non-hydrogen) atoms. The number of alkyl halides is 3. The molecule has 0 fully saturated rings. The average molecular weight is 564 g/mol. The summed E-state index contributed by atoms with van der Waals surface area (Å²) in [7, 11) is 0. The molecule has 0 spiro atoms. The van der Waals surface area contributed by atoms with Crippen LogP contribution in [0.15, 0.2) is 82.7 Å². The van der Waals surface area contributed by atoms with Crippen LogP contribution in [-0.4, -0.2) is 31.2 Å². The Morgan fingerprint density at radius 1 is 0.975 bits per heavy atom. The normalized spacial score (nSPS) is 13.6. The number of aromatic nitrogens is 4. The number of benzene rings is 3. The first-order chi connectivity index (χ1) is 19.3. The second kappa shape index (κ2) is 10.5. The quantitative estimate of drug-likeness (QED) is 0.210. The first kappa shape index (κ1) is 26.1. The third-order valence-electron chi connectivity index (χ3n) is 6.88. The molecule has 204 valence electrons. The Balaban J connectivity index is 1.33. The van der Waals surface area contributed by atoms with Crippen LogP contribution in [0, 0.1) is 0 Å². The van der Waals surface area contributed by atoms with Crippen molar-refractivity contribution >= 4 is 28.7 Å². The van der Waals surface area contributed by atoms with Crippen LogP contribution in [0.2, 0.25) is 0 Å². The molecule has 0 radical (unpaired) electrons. The first-order valence-electron chi connectivity index (χ1n) is 12.6. The summed E-state index contributed by atoms with van der Waals surface area (Å²) in [6, 6.07) is 20.4. The number of imidazole rings is 1. The monoisotopic (exact) mass is 563 g/mol. The second-order valence-electron chi connectivity index (χ2n) is 9.52. The number of anilines is 1. The molecule has 5 aromatic rings. The lowest BCUT2D eigenvalue weighted by Gasteiger charge is -2.28. The van der Waals surface area contributed by atoms with E-state index in [1.807, 2.05) is 59.5 Å². The summed E-state index contributed by atoms with van der Waals surface area (Å²) in [5.41, 5.74) is 3.58. The smallest absolute Gasteiger partial charge is 0.392 e. The molecule has 0 amide bonds. The number of fused-ring (bicyclic) bond motifs is 2. The van der Waals surface area contributed by atoms with Gasteiger partial charge in [-0.05, 0) is 41.5 Å². The number of aliphatic hydroxyl groups excluding tert-OH is 1. The van der Waals surface area contributed by atoms with E-state index in [-0.39, 0.29) is 24.2 Å². The van der Waals surface area contributed by atoms with Gasteiger partial charge >= 0.3 is 6.18 Å². The van der Waals surface area contributed by atoms with Crippen LogP contribution >= 0.6 is 11.8 Å². The first-order valence-corrected chi connectivity index (χ1v) is 13.6. The Labute approximate surface area is 231 Å². The maximum absolute atomic E-state index is 13.9. The van der Waals surface area contributed by atoms with Crippen molar-refractivity contribution in [2.24, 2.45) is 0 Å². The molecule has 0 aliphatic carbocycles. The lowest BCUT2D eigenvalue weighted by Crippen LogP contribution is -2.38.